The van der Waals surface area contributed by atoms with Crippen molar-refractivity contribution < 1.29 is 13.2 Å². The average molecular weight is 339 g/mol. The molecule has 0 saturated carbocycles. The number of hydrogen-bond acceptors (Lipinski definition) is 3. The van der Waals surface area contributed by atoms with Gasteiger partial charge >= 0.3 is 6.03 Å². The molecule has 6 nitrogen and oxygen atoms in total. The van der Waals surface area contributed by atoms with Crippen LogP contribution in [0.5, 0.6) is 0 Å². The van der Waals surface area contributed by atoms with E-state index >= 15 is 0 Å². The van der Waals surface area contributed by atoms with Crippen molar-refractivity contribution in [1.29, 1.82) is 0 Å². The van der Waals surface area contributed by atoms with Gasteiger partial charge in [-0.1, -0.05) is 17.7 Å². The van der Waals surface area contributed by atoms with Crippen LogP contribution in [0.4, 0.5) is 4.79 Å². The first kappa shape index (κ1) is 17.7. The zero-order chi connectivity index (χ0) is 16.7. The third-order valence-electron chi connectivity index (χ3n) is 3.90. The van der Waals surface area contributed by atoms with Gasteiger partial charge in [0.2, 0.25) is 10.0 Å². The number of nitrogens with zero attached hydrogens (tertiary/aromatic N) is 1. The zero-order valence-electron chi connectivity index (χ0n) is 13.5. The van der Waals surface area contributed by atoms with E-state index in [1.165, 1.54) is 6.42 Å². The van der Waals surface area contributed by atoms with Crippen molar-refractivity contribution in [3.8, 4) is 0 Å². The molecule has 128 valence electrons. The molecule has 7 heteroatoms. The first-order valence-corrected chi connectivity index (χ1v) is 9.56. The van der Waals surface area contributed by atoms with Crippen LogP contribution in [-0.2, 0) is 10.0 Å². The minimum atomic E-state index is -3.47. The molecule has 0 radical (unpaired) electrons. The fraction of sp³-hybridized carbons (Fsp3) is 0.562. The number of sulfonamides is 1. The Kier molecular flexibility index (Phi) is 6.41. The first-order valence-electron chi connectivity index (χ1n) is 8.08. The Labute approximate surface area is 138 Å². The van der Waals surface area contributed by atoms with E-state index in [4.69, 9.17) is 0 Å². The number of likely N-dealkylation sites (tertiary alicyclic amines) is 1. The number of amides is 2. The number of aryl methyl sites for hydroxylation is 1. The molecular formula is C16H25N3O3S. The number of carbonyl (C=O) groups excluding carboxylic acids is 1. The third kappa shape index (κ3) is 5.51. The second-order valence-electron chi connectivity index (χ2n) is 5.84. The van der Waals surface area contributed by atoms with Gasteiger partial charge in [-0.2, -0.15) is 0 Å². The van der Waals surface area contributed by atoms with Crippen LogP contribution >= 0.6 is 0 Å². The molecule has 2 amide bonds. The minimum Gasteiger partial charge on any atom is -0.338 e. The molecule has 1 aromatic carbocycles. The Balaban J connectivity index is 1.68. The van der Waals surface area contributed by atoms with Gasteiger partial charge in [0.15, 0.2) is 0 Å². The summed E-state index contributed by atoms with van der Waals surface area (Å²) in [6.45, 7) is 4.30. The van der Waals surface area contributed by atoms with Crippen molar-refractivity contribution in [2.45, 2.75) is 37.5 Å². The van der Waals surface area contributed by atoms with Crippen LogP contribution in [0.15, 0.2) is 29.2 Å². The Morgan fingerprint density at radius 3 is 2.39 bits per heavy atom. The van der Waals surface area contributed by atoms with Crippen molar-refractivity contribution in [1.82, 2.24) is 14.9 Å². The second-order valence-corrected chi connectivity index (χ2v) is 7.61. The minimum absolute atomic E-state index is 0.0499. The SMILES string of the molecule is Cc1ccc(S(=O)(=O)NCCCNC(=O)N2CCCCC2)cc1. The molecule has 0 aromatic heterocycles. The summed E-state index contributed by atoms with van der Waals surface area (Å²) in [7, 11) is -3.47. The van der Waals surface area contributed by atoms with E-state index in [1.807, 2.05) is 11.8 Å². The Morgan fingerprint density at radius 2 is 1.74 bits per heavy atom. The largest absolute Gasteiger partial charge is 0.338 e. The lowest BCUT2D eigenvalue weighted by atomic mass is 10.1. The van der Waals surface area contributed by atoms with Gasteiger partial charge < -0.3 is 10.2 Å². The van der Waals surface area contributed by atoms with Crippen molar-refractivity contribution >= 4 is 16.1 Å². The summed E-state index contributed by atoms with van der Waals surface area (Å²) < 4.78 is 26.7. The van der Waals surface area contributed by atoms with Crippen LogP contribution in [-0.4, -0.2) is 45.5 Å². The van der Waals surface area contributed by atoms with E-state index in [0.29, 0.717) is 19.5 Å². The maximum Gasteiger partial charge on any atom is 0.317 e. The van der Waals surface area contributed by atoms with Crippen molar-refractivity contribution in [2.24, 2.45) is 0 Å². The number of hydrogen-bond donors (Lipinski definition) is 2. The highest BCUT2D eigenvalue weighted by Crippen LogP contribution is 2.10. The quantitative estimate of drug-likeness (QED) is 0.777. The van der Waals surface area contributed by atoms with Gasteiger partial charge in [0.05, 0.1) is 4.90 Å². The topological polar surface area (TPSA) is 78.5 Å². The second kappa shape index (κ2) is 8.31. The molecule has 1 heterocycles. The first-order chi connectivity index (χ1) is 11.0. The van der Waals surface area contributed by atoms with E-state index in [-0.39, 0.29) is 10.9 Å². The Bertz CT molecular complexity index is 608. The summed E-state index contributed by atoms with van der Waals surface area (Å²) in [5, 5.41) is 2.84. The summed E-state index contributed by atoms with van der Waals surface area (Å²) >= 11 is 0. The number of nitrogens with one attached hydrogen (secondary N) is 2. The van der Waals surface area contributed by atoms with Crippen LogP contribution in [0.3, 0.4) is 0 Å². The van der Waals surface area contributed by atoms with Crippen molar-refractivity contribution in [3.05, 3.63) is 29.8 Å². The molecular weight excluding hydrogens is 314 g/mol. The summed E-state index contributed by atoms with van der Waals surface area (Å²) in [6.07, 6.45) is 3.86. The number of rotatable bonds is 6. The lowest BCUT2D eigenvalue weighted by Crippen LogP contribution is -2.43. The predicted octanol–water partition coefficient (Wildman–Crippen LogP) is 1.86. The molecule has 2 rings (SSSR count). The van der Waals surface area contributed by atoms with Gasteiger partial charge in [0.1, 0.15) is 0 Å². The normalized spacial score (nSPS) is 15.4. The molecule has 0 aliphatic carbocycles. The van der Waals surface area contributed by atoms with Crippen LogP contribution in [0.1, 0.15) is 31.2 Å². The van der Waals surface area contributed by atoms with Crippen molar-refractivity contribution in [2.75, 3.05) is 26.2 Å². The summed E-state index contributed by atoms with van der Waals surface area (Å²) in [4.78, 5) is 14.0. The number of benzene rings is 1. The maximum atomic E-state index is 12.1. The molecule has 1 saturated heterocycles. The lowest BCUT2D eigenvalue weighted by molar-refractivity contribution is 0.186. The molecule has 0 spiro atoms. The molecule has 2 N–H and O–H groups in total. The molecule has 0 unspecified atom stereocenters. The Morgan fingerprint density at radius 1 is 1.09 bits per heavy atom. The van der Waals surface area contributed by atoms with Gasteiger partial charge in [-0.15, -0.1) is 0 Å². The predicted molar refractivity (Wildman–Crippen MR) is 89.8 cm³/mol. The number of piperidine rings is 1. The highest BCUT2D eigenvalue weighted by molar-refractivity contribution is 7.89. The summed E-state index contributed by atoms with van der Waals surface area (Å²) in [5.41, 5.74) is 1.02. The Hall–Kier alpha value is -1.60. The fourth-order valence-corrected chi connectivity index (χ4v) is 3.57. The van der Waals surface area contributed by atoms with Gasteiger partial charge in [0.25, 0.3) is 0 Å². The molecule has 0 atom stereocenters. The zero-order valence-corrected chi connectivity index (χ0v) is 14.4. The van der Waals surface area contributed by atoms with Crippen LogP contribution < -0.4 is 10.0 Å². The number of urea groups is 1. The van der Waals surface area contributed by atoms with Crippen LogP contribution in [0, 0.1) is 6.92 Å². The van der Waals surface area contributed by atoms with Crippen molar-refractivity contribution in [3.63, 3.8) is 0 Å². The van der Waals surface area contributed by atoms with E-state index in [0.717, 1.165) is 31.5 Å². The lowest BCUT2D eigenvalue weighted by Gasteiger charge is -2.26. The maximum absolute atomic E-state index is 12.1. The third-order valence-corrected chi connectivity index (χ3v) is 5.37. The molecule has 1 aliphatic rings. The average Bonchev–Trinajstić information content (AvgIpc) is 2.55. The monoisotopic (exact) mass is 339 g/mol. The highest BCUT2D eigenvalue weighted by atomic mass is 32.2. The van der Waals surface area contributed by atoms with Gasteiger partial charge in [-0.3, -0.25) is 0 Å². The van der Waals surface area contributed by atoms with E-state index < -0.39 is 10.0 Å². The van der Waals surface area contributed by atoms with Gasteiger partial charge in [-0.25, -0.2) is 17.9 Å². The smallest absolute Gasteiger partial charge is 0.317 e. The van der Waals surface area contributed by atoms with Gasteiger partial charge in [-0.05, 0) is 44.7 Å². The van der Waals surface area contributed by atoms with E-state index in [2.05, 4.69) is 10.0 Å². The summed E-state index contributed by atoms with van der Waals surface area (Å²) in [5.74, 6) is 0. The molecule has 1 aliphatic heterocycles. The van der Waals surface area contributed by atoms with Crippen LogP contribution in [0.25, 0.3) is 0 Å². The highest BCUT2D eigenvalue weighted by Gasteiger charge is 2.16. The molecule has 1 aromatic rings. The molecule has 1 fully saturated rings. The molecule has 0 bridgehead atoms. The molecule has 23 heavy (non-hydrogen) atoms. The van der Waals surface area contributed by atoms with E-state index in [1.54, 1.807) is 24.3 Å². The van der Waals surface area contributed by atoms with Crippen LogP contribution in [0.2, 0.25) is 0 Å². The summed E-state index contributed by atoms with van der Waals surface area (Å²) in [6, 6.07) is 6.68. The standard InChI is InChI=1S/C16H25N3O3S/c1-14-6-8-15(9-7-14)23(21,22)18-11-5-10-17-16(20)19-12-3-2-4-13-19/h6-9,18H,2-5,10-13H2,1H3,(H,17,20). The fourth-order valence-electron chi connectivity index (χ4n) is 2.50. The van der Waals surface area contributed by atoms with Gasteiger partial charge in [0, 0.05) is 26.2 Å². The number of carbonyl (C=O) groups is 1. The van der Waals surface area contributed by atoms with E-state index in [9.17, 15) is 13.2 Å².